The van der Waals surface area contributed by atoms with Gasteiger partial charge in [-0.2, -0.15) is 8.42 Å². The van der Waals surface area contributed by atoms with Crippen LogP contribution in [0.1, 0.15) is 35.4 Å². The van der Waals surface area contributed by atoms with Crippen molar-refractivity contribution < 1.29 is 26.8 Å². The van der Waals surface area contributed by atoms with E-state index in [0.717, 1.165) is 34.8 Å². The molecule has 3 amide bonds. The van der Waals surface area contributed by atoms with Crippen LogP contribution in [0.3, 0.4) is 0 Å². The van der Waals surface area contributed by atoms with Crippen molar-refractivity contribution in [3.63, 3.8) is 0 Å². The van der Waals surface area contributed by atoms with Crippen molar-refractivity contribution in [2.45, 2.75) is 37.6 Å². The summed E-state index contributed by atoms with van der Waals surface area (Å²) >= 11 is 0. The molecule has 2 N–H and O–H groups in total. The van der Waals surface area contributed by atoms with Crippen molar-refractivity contribution in [3.8, 4) is 0 Å². The number of nitrogens with one attached hydrogen (secondary N) is 2. The van der Waals surface area contributed by atoms with Gasteiger partial charge in [0.15, 0.2) is 0 Å². The first-order chi connectivity index (χ1) is 18.6. The van der Waals surface area contributed by atoms with Crippen molar-refractivity contribution in [1.29, 1.82) is 0 Å². The molecule has 3 aromatic rings. The minimum Gasteiger partial charge on any atom is -0.325 e. The lowest BCUT2D eigenvalue weighted by Gasteiger charge is -2.26. The van der Waals surface area contributed by atoms with Gasteiger partial charge in [-0.05, 0) is 72.2 Å². The van der Waals surface area contributed by atoms with Gasteiger partial charge >= 0.3 is 16.2 Å². The van der Waals surface area contributed by atoms with Crippen LogP contribution in [0.2, 0.25) is 0 Å². The molecule has 39 heavy (non-hydrogen) atoms. The normalized spacial score (nSPS) is 15.4. The molecule has 0 spiro atoms. The second kappa shape index (κ2) is 10.6. The van der Waals surface area contributed by atoms with E-state index in [9.17, 15) is 26.8 Å². The standard InChI is InChI=1S/C27H27F2N5O4S/c1-33(23-8-6-19(7-9-23)18-4-5-18)26(35)24(15-17-13-21(28)16-22(29)14-17)31-27(36)32-39(37,38)34-12-10-20-3-2-11-30-25(20)34/h2-3,6-9,11,13-14,16,18,24H,4-5,10,12,15H2,1H3,(H2,31,32,36)/t24-/m0/s1. The van der Waals surface area contributed by atoms with Crippen LogP contribution in [0.15, 0.2) is 60.8 Å². The fourth-order valence-electron chi connectivity index (χ4n) is 4.68. The Balaban J connectivity index is 1.35. The number of likely N-dealkylation sites (N-methyl/N-ethyl adjacent to an activating group) is 1. The number of amides is 3. The SMILES string of the molecule is CN(C(=O)[C@H](Cc1cc(F)cc(F)c1)NC(=O)NS(=O)(=O)N1CCc2cccnc21)c1ccc(C2CC2)cc1. The van der Waals surface area contributed by atoms with Gasteiger partial charge in [-0.3, -0.25) is 4.79 Å². The monoisotopic (exact) mass is 555 g/mol. The number of nitrogens with zero attached hydrogens (tertiary/aromatic N) is 3. The molecule has 2 heterocycles. The second-order valence-corrected chi connectivity index (χ2v) is 11.3. The van der Waals surface area contributed by atoms with Crippen LogP contribution in [0.25, 0.3) is 0 Å². The maximum atomic E-state index is 13.9. The minimum atomic E-state index is -4.35. The molecule has 1 saturated carbocycles. The Morgan fingerprint density at radius 2 is 1.79 bits per heavy atom. The lowest BCUT2D eigenvalue weighted by atomic mass is 10.0. The number of urea groups is 1. The second-order valence-electron chi connectivity index (χ2n) is 9.69. The van der Waals surface area contributed by atoms with Crippen molar-refractivity contribution in [3.05, 3.63) is 89.1 Å². The summed E-state index contributed by atoms with van der Waals surface area (Å²) in [5.41, 5.74) is 2.56. The number of rotatable bonds is 8. The van der Waals surface area contributed by atoms with Crippen molar-refractivity contribution >= 4 is 33.7 Å². The summed E-state index contributed by atoms with van der Waals surface area (Å²) < 4.78 is 56.6. The summed E-state index contributed by atoms with van der Waals surface area (Å²) in [4.78, 5) is 31.8. The molecule has 1 aromatic heterocycles. The van der Waals surface area contributed by atoms with E-state index in [1.165, 1.54) is 23.7 Å². The molecule has 0 bridgehead atoms. The third kappa shape index (κ3) is 6.00. The quantitative estimate of drug-likeness (QED) is 0.443. The van der Waals surface area contributed by atoms with Crippen molar-refractivity contribution in [2.24, 2.45) is 0 Å². The van der Waals surface area contributed by atoms with Gasteiger partial charge in [0.25, 0.3) is 0 Å². The van der Waals surface area contributed by atoms with Crippen LogP contribution < -0.4 is 19.2 Å². The highest BCUT2D eigenvalue weighted by Gasteiger charge is 2.33. The summed E-state index contributed by atoms with van der Waals surface area (Å²) in [5, 5.41) is 2.39. The Labute approximate surface area is 225 Å². The van der Waals surface area contributed by atoms with Gasteiger partial charge < -0.3 is 10.2 Å². The van der Waals surface area contributed by atoms with Crippen LogP contribution in [0, 0.1) is 11.6 Å². The number of fused-ring (bicyclic) bond motifs is 1. The van der Waals surface area contributed by atoms with Crippen LogP contribution in [-0.2, 0) is 27.8 Å². The maximum Gasteiger partial charge on any atom is 0.330 e. The Kier molecular flexibility index (Phi) is 7.21. The molecule has 204 valence electrons. The third-order valence-corrected chi connectivity index (χ3v) is 8.20. The van der Waals surface area contributed by atoms with E-state index in [-0.39, 0.29) is 24.3 Å². The molecule has 5 rings (SSSR count). The molecule has 2 aromatic carbocycles. The zero-order valence-electron chi connectivity index (χ0n) is 21.1. The predicted octanol–water partition coefficient (Wildman–Crippen LogP) is 3.42. The van der Waals surface area contributed by atoms with Crippen LogP contribution in [0.4, 0.5) is 25.1 Å². The first-order valence-corrected chi connectivity index (χ1v) is 13.9. The highest BCUT2D eigenvalue weighted by Crippen LogP contribution is 2.40. The largest absolute Gasteiger partial charge is 0.330 e. The molecule has 0 unspecified atom stereocenters. The fraction of sp³-hybridized carbons (Fsp3) is 0.296. The number of benzene rings is 2. The average Bonchev–Trinajstić information content (AvgIpc) is 3.64. The Hall–Kier alpha value is -4.06. The van der Waals surface area contributed by atoms with E-state index in [0.29, 0.717) is 24.1 Å². The summed E-state index contributed by atoms with van der Waals surface area (Å²) in [6.45, 7) is 0.0967. The topological polar surface area (TPSA) is 112 Å². The maximum absolute atomic E-state index is 13.9. The molecule has 1 atom stereocenters. The van der Waals surface area contributed by atoms with E-state index in [1.807, 2.05) is 16.9 Å². The first kappa shape index (κ1) is 26.5. The first-order valence-electron chi connectivity index (χ1n) is 12.5. The van der Waals surface area contributed by atoms with E-state index in [2.05, 4.69) is 10.3 Å². The Bertz CT molecular complexity index is 1490. The number of halogens is 2. The fourth-order valence-corrected chi connectivity index (χ4v) is 5.81. The molecule has 0 radical (unpaired) electrons. The Morgan fingerprint density at radius 3 is 2.46 bits per heavy atom. The predicted molar refractivity (Wildman–Crippen MR) is 142 cm³/mol. The van der Waals surface area contributed by atoms with Gasteiger partial charge in [0.05, 0.1) is 0 Å². The lowest BCUT2D eigenvalue weighted by molar-refractivity contribution is -0.120. The number of hydrogen-bond donors (Lipinski definition) is 2. The highest BCUT2D eigenvalue weighted by molar-refractivity contribution is 7.91. The smallest absolute Gasteiger partial charge is 0.325 e. The number of carbonyl (C=O) groups excluding carboxylic acids is 2. The highest BCUT2D eigenvalue weighted by atomic mass is 32.2. The van der Waals surface area contributed by atoms with Crippen molar-refractivity contribution in [2.75, 3.05) is 22.8 Å². The summed E-state index contributed by atoms with van der Waals surface area (Å²) in [6.07, 6.45) is 3.86. The van der Waals surface area contributed by atoms with Gasteiger partial charge in [0, 0.05) is 38.0 Å². The number of carbonyl (C=O) groups is 2. The molecule has 0 saturated heterocycles. The molecule has 1 aliphatic carbocycles. The van der Waals surface area contributed by atoms with Crippen LogP contribution in [0.5, 0.6) is 0 Å². The summed E-state index contributed by atoms with van der Waals surface area (Å²) in [6, 6.07) is 11.2. The molecular weight excluding hydrogens is 528 g/mol. The van der Waals surface area contributed by atoms with E-state index >= 15 is 0 Å². The summed E-state index contributed by atoms with van der Waals surface area (Å²) in [5.74, 6) is -1.53. The number of pyridine rings is 1. The number of aromatic nitrogens is 1. The van der Waals surface area contributed by atoms with Gasteiger partial charge in [0.1, 0.15) is 23.5 Å². The lowest BCUT2D eigenvalue weighted by Crippen LogP contribution is -2.54. The molecule has 9 nitrogen and oxygen atoms in total. The van der Waals surface area contributed by atoms with Crippen LogP contribution in [-0.4, -0.2) is 45.0 Å². The minimum absolute atomic E-state index is 0.0967. The molecule has 1 fully saturated rings. The molecule has 12 heteroatoms. The molecule has 2 aliphatic rings. The van der Waals surface area contributed by atoms with Gasteiger partial charge in [-0.25, -0.2) is 27.6 Å². The average molecular weight is 556 g/mol. The van der Waals surface area contributed by atoms with E-state index in [4.69, 9.17) is 0 Å². The van der Waals surface area contributed by atoms with Crippen LogP contribution >= 0.6 is 0 Å². The zero-order chi connectivity index (χ0) is 27.7. The van der Waals surface area contributed by atoms with Gasteiger partial charge in [-0.1, -0.05) is 18.2 Å². The Morgan fingerprint density at radius 1 is 1.10 bits per heavy atom. The third-order valence-electron chi connectivity index (χ3n) is 6.83. The van der Waals surface area contributed by atoms with Gasteiger partial charge in [-0.15, -0.1) is 0 Å². The van der Waals surface area contributed by atoms with E-state index in [1.54, 1.807) is 24.3 Å². The van der Waals surface area contributed by atoms with Crippen molar-refractivity contribution in [1.82, 2.24) is 15.0 Å². The zero-order valence-corrected chi connectivity index (χ0v) is 21.9. The summed E-state index contributed by atoms with van der Waals surface area (Å²) in [7, 11) is -2.84. The van der Waals surface area contributed by atoms with E-state index < -0.39 is 39.8 Å². The number of anilines is 2. The van der Waals surface area contributed by atoms with Gasteiger partial charge in [0.2, 0.25) is 5.91 Å². The molecule has 1 aliphatic heterocycles. The number of hydrogen-bond acceptors (Lipinski definition) is 5. The molecular formula is C27H27F2N5O4S.